The van der Waals surface area contributed by atoms with Gasteiger partial charge in [0.05, 0.1) is 18.3 Å². The molecule has 0 aliphatic heterocycles. The van der Waals surface area contributed by atoms with Crippen LogP contribution in [-0.2, 0) is 12.7 Å². The minimum atomic E-state index is -4.52. The van der Waals surface area contributed by atoms with Crippen LogP contribution in [0.15, 0.2) is 89.1 Å². The van der Waals surface area contributed by atoms with E-state index in [4.69, 9.17) is 4.84 Å². The molecule has 2 aromatic carbocycles. The highest BCUT2D eigenvalue weighted by atomic mass is 19.4. The van der Waals surface area contributed by atoms with Crippen LogP contribution in [0.2, 0.25) is 0 Å². The van der Waals surface area contributed by atoms with Crippen LogP contribution in [0.5, 0.6) is 5.75 Å². The Hall–Kier alpha value is -4.01. The Morgan fingerprint density at radius 3 is 2.61 bits per heavy atom. The molecule has 0 aliphatic carbocycles. The van der Waals surface area contributed by atoms with E-state index in [-0.39, 0.29) is 16.9 Å². The van der Waals surface area contributed by atoms with E-state index in [0.29, 0.717) is 18.6 Å². The summed E-state index contributed by atoms with van der Waals surface area (Å²) in [6.07, 6.45) is 0.380. The largest absolute Gasteiger partial charge is 0.416 e. The van der Waals surface area contributed by atoms with Gasteiger partial charge in [-0.15, -0.1) is 0 Å². The lowest BCUT2D eigenvalue weighted by atomic mass is 10.1. The number of fused-ring (bicyclic) bond motifs is 1. The molecule has 0 fully saturated rings. The van der Waals surface area contributed by atoms with Gasteiger partial charge in [0.1, 0.15) is 11.8 Å². The molecule has 0 unspecified atom stereocenters. The summed E-state index contributed by atoms with van der Waals surface area (Å²) >= 11 is 0. The number of hydrogen-bond acceptors (Lipinski definition) is 3. The summed E-state index contributed by atoms with van der Waals surface area (Å²) in [4.78, 5) is 18.0. The summed E-state index contributed by atoms with van der Waals surface area (Å²) in [7, 11) is 0. The van der Waals surface area contributed by atoms with Crippen LogP contribution in [-0.4, -0.2) is 10.6 Å². The predicted molar refractivity (Wildman–Crippen MR) is 114 cm³/mol. The fraction of sp³-hybridized carbons (Fsp3) is 0.125. The van der Waals surface area contributed by atoms with E-state index < -0.39 is 23.1 Å². The normalized spacial score (nSPS) is 11.9. The van der Waals surface area contributed by atoms with E-state index in [0.717, 1.165) is 12.1 Å². The minimum Gasteiger partial charge on any atom is -0.354 e. The second-order valence-corrected chi connectivity index (χ2v) is 7.15. The van der Waals surface area contributed by atoms with Crippen molar-refractivity contribution in [3.8, 4) is 16.9 Å². The van der Waals surface area contributed by atoms with E-state index >= 15 is 0 Å². The van der Waals surface area contributed by atoms with Crippen LogP contribution in [0.1, 0.15) is 12.0 Å². The number of pyridine rings is 1. The number of rotatable bonds is 6. The van der Waals surface area contributed by atoms with Gasteiger partial charge in [-0.1, -0.05) is 35.5 Å². The molecule has 0 atom stereocenters. The molecule has 0 radical (unpaired) electrons. The highest BCUT2D eigenvalue weighted by Crippen LogP contribution is 2.31. The number of aromatic nitrogens is 2. The van der Waals surface area contributed by atoms with Gasteiger partial charge in [0, 0.05) is 18.7 Å². The second-order valence-electron chi connectivity index (χ2n) is 7.15. The maximum absolute atomic E-state index is 13.6. The van der Waals surface area contributed by atoms with Gasteiger partial charge in [-0.25, -0.2) is 13.8 Å². The lowest BCUT2D eigenvalue weighted by Crippen LogP contribution is -2.40. The maximum atomic E-state index is 13.6. The molecule has 0 aliphatic rings. The number of nitrogens with zero attached hydrogens (tertiary/aromatic N) is 3. The Labute approximate surface area is 185 Å². The monoisotopic (exact) mass is 456 g/mol. The van der Waals surface area contributed by atoms with Gasteiger partial charge in [0.25, 0.3) is 5.65 Å². The fourth-order valence-electron chi connectivity index (χ4n) is 3.35. The molecule has 2 heterocycles. The van der Waals surface area contributed by atoms with Crippen LogP contribution in [0.25, 0.3) is 16.8 Å². The number of aryl methyl sites for hydroxylation is 1. The molecule has 2 aromatic heterocycles. The van der Waals surface area contributed by atoms with Crippen LogP contribution in [0.3, 0.4) is 0 Å². The molecule has 4 rings (SSSR count). The lowest BCUT2D eigenvalue weighted by Gasteiger charge is -2.09. The van der Waals surface area contributed by atoms with Gasteiger partial charge in [0.15, 0.2) is 11.6 Å². The Bertz CT molecular complexity index is 1380. The van der Waals surface area contributed by atoms with Crippen molar-refractivity contribution in [3.05, 3.63) is 101 Å². The van der Waals surface area contributed by atoms with E-state index in [1.54, 1.807) is 35.0 Å². The van der Waals surface area contributed by atoms with Crippen molar-refractivity contribution in [2.45, 2.75) is 19.1 Å². The zero-order valence-corrected chi connectivity index (χ0v) is 17.2. The summed E-state index contributed by atoms with van der Waals surface area (Å²) in [5.74, 6) is -0.548. The Morgan fingerprint density at radius 2 is 1.82 bits per heavy atom. The average molecular weight is 456 g/mol. The number of hydrogen-bond donors (Lipinski definition) is 0. The molecule has 168 valence electrons. The first kappa shape index (κ1) is 22.2. The number of oxime groups is 1. The van der Waals surface area contributed by atoms with Crippen molar-refractivity contribution in [1.82, 2.24) is 4.40 Å². The molecule has 5 nitrogen and oxygen atoms in total. The number of halogens is 4. The second kappa shape index (κ2) is 9.23. The number of alkyl halides is 3. The average Bonchev–Trinajstić information content (AvgIpc) is 2.81. The fourth-order valence-corrected chi connectivity index (χ4v) is 3.35. The van der Waals surface area contributed by atoms with Crippen molar-refractivity contribution >= 4 is 11.9 Å². The Kier molecular flexibility index (Phi) is 6.21. The molecule has 0 bridgehead atoms. The topological polar surface area (TPSA) is 47.0 Å². The summed E-state index contributed by atoms with van der Waals surface area (Å²) in [6.45, 7) is 0.351. The van der Waals surface area contributed by atoms with Crippen LogP contribution < -0.4 is 15.0 Å². The van der Waals surface area contributed by atoms with Gasteiger partial charge in [-0.2, -0.15) is 17.6 Å². The number of para-hydroxylation sites is 1. The third kappa shape index (κ3) is 4.92. The molecule has 0 amide bonds. The standard InChI is InChI=1S/C24H18F4N3O2/c25-20-9-1-2-10-21(20)33-29-12-6-13-30-16-19(23(32)31-14-4-3-11-22(30)31)17-7-5-8-18(15-17)24(26,27)28/h1-5,7-12,14-16H,6,13H2/q+1. The van der Waals surface area contributed by atoms with E-state index in [1.165, 1.54) is 47.1 Å². The third-order valence-electron chi connectivity index (χ3n) is 4.93. The van der Waals surface area contributed by atoms with Gasteiger partial charge in [0.2, 0.25) is 0 Å². The van der Waals surface area contributed by atoms with Crippen molar-refractivity contribution in [3.63, 3.8) is 0 Å². The first-order valence-electron chi connectivity index (χ1n) is 9.99. The summed E-state index contributed by atoms with van der Waals surface area (Å²) < 4.78 is 56.2. The van der Waals surface area contributed by atoms with Gasteiger partial charge >= 0.3 is 11.7 Å². The first-order valence-corrected chi connectivity index (χ1v) is 9.99. The van der Waals surface area contributed by atoms with Crippen molar-refractivity contribution in [2.75, 3.05) is 0 Å². The minimum absolute atomic E-state index is 0.00931. The van der Waals surface area contributed by atoms with Crippen LogP contribution in [0, 0.1) is 5.82 Å². The van der Waals surface area contributed by atoms with E-state index in [1.807, 2.05) is 0 Å². The molecule has 9 heteroatoms. The third-order valence-corrected chi connectivity index (χ3v) is 4.93. The zero-order valence-electron chi connectivity index (χ0n) is 17.2. The van der Waals surface area contributed by atoms with Crippen molar-refractivity contribution in [1.29, 1.82) is 0 Å². The Morgan fingerprint density at radius 1 is 1.03 bits per heavy atom. The maximum Gasteiger partial charge on any atom is 0.416 e. The summed E-state index contributed by atoms with van der Waals surface area (Å²) in [5.41, 5.74) is -0.413. The number of benzene rings is 2. The molecule has 4 aromatic rings. The molecule has 0 spiro atoms. The molecule has 0 saturated heterocycles. The lowest BCUT2D eigenvalue weighted by molar-refractivity contribution is -0.672. The molecular weight excluding hydrogens is 438 g/mol. The van der Waals surface area contributed by atoms with Crippen LogP contribution in [0.4, 0.5) is 17.6 Å². The van der Waals surface area contributed by atoms with Crippen molar-refractivity contribution < 1.29 is 27.0 Å². The first-order chi connectivity index (χ1) is 15.8. The smallest absolute Gasteiger partial charge is 0.354 e. The highest BCUT2D eigenvalue weighted by molar-refractivity contribution is 5.63. The van der Waals surface area contributed by atoms with Crippen LogP contribution >= 0.6 is 0 Å². The zero-order chi connectivity index (χ0) is 23.4. The van der Waals surface area contributed by atoms with E-state index in [9.17, 15) is 22.4 Å². The SMILES string of the molecule is O=c1c(-c2cccc(C(F)(F)F)c2)c[n+](CCC=NOc2ccccc2F)c2ccccn12. The quantitative estimate of drug-likeness (QED) is 0.180. The highest BCUT2D eigenvalue weighted by Gasteiger charge is 2.31. The predicted octanol–water partition coefficient (Wildman–Crippen LogP) is 4.87. The van der Waals surface area contributed by atoms with E-state index in [2.05, 4.69) is 5.16 Å². The van der Waals surface area contributed by atoms with Gasteiger partial charge in [-0.3, -0.25) is 0 Å². The molecule has 0 N–H and O–H groups in total. The molecule has 33 heavy (non-hydrogen) atoms. The van der Waals surface area contributed by atoms with Gasteiger partial charge in [-0.05, 0) is 35.9 Å². The summed E-state index contributed by atoms with van der Waals surface area (Å²) in [6, 6.07) is 15.7. The van der Waals surface area contributed by atoms with Crippen molar-refractivity contribution in [2.24, 2.45) is 5.16 Å². The summed E-state index contributed by atoms with van der Waals surface area (Å²) in [5, 5.41) is 3.76. The molecular formula is C24H18F4N3O2+. The van der Waals surface area contributed by atoms with Gasteiger partial charge < -0.3 is 4.84 Å². The Balaban J connectivity index is 1.63. The molecule has 0 saturated carbocycles.